The molecule has 0 bridgehead atoms. The second-order valence-corrected chi connectivity index (χ2v) is 5.50. The Morgan fingerprint density at radius 1 is 1.00 bits per heavy atom. The molecule has 0 amide bonds. The quantitative estimate of drug-likeness (QED) is 0.929. The van der Waals surface area contributed by atoms with E-state index in [1.165, 1.54) is 17.7 Å². The highest BCUT2D eigenvalue weighted by Crippen LogP contribution is 2.27. The molecule has 3 heteroatoms. The van der Waals surface area contributed by atoms with E-state index >= 15 is 0 Å². The van der Waals surface area contributed by atoms with Gasteiger partial charge >= 0.3 is 0 Å². The summed E-state index contributed by atoms with van der Waals surface area (Å²) >= 11 is 0. The molecule has 1 fully saturated rings. The fraction of sp³-hybridized carbons (Fsp3) is 0.294. The zero-order chi connectivity index (χ0) is 13.9. The van der Waals surface area contributed by atoms with Crippen LogP contribution >= 0.6 is 0 Å². The lowest BCUT2D eigenvalue weighted by atomic mass is 9.95. The van der Waals surface area contributed by atoms with E-state index in [-0.39, 0.29) is 11.9 Å². The molecule has 0 unspecified atom stereocenters. The minimum absolute atomic E-state index is 0.115. The van der Waals surface area contributed by atoms with Crippen molar-refractivity contribution in [2.45, 2.75) is 18.5 Å². The van der Waals surface area contributed by atoms with E-state index in [9.17, 15) is 4.39 Å². The highest BCUT2D eigenvalue weighted by molar-refractivity contribution is 5.24. The third kappa shape index (κ3) is 2.89. The van der Waals surface area contributed by atoms with Crippen molar-refractivity contribution in [2.24, 2.45) is 5.73 Å². The van der Waals surface area contributed by atoms with Crippen LogP contribution in [0.3, 0.4) is 0 Å². The Morgan fingerprint density at radius 3 is 2.40 bits per heavy atom. The Labute approximate surface area is 119 Å². The van der Waals surface area contributed by atoms with E-state index in [1.807, 2.05) is 18.2 Å². The molecule has 1 aliphatic heterocycles. The number of halogens is 1. The van der Waals surface area contributed by atoms with Gasteiger partial charge in [0.15, 0.2) is 0 Å². The maximum atomic E-state index is 13.0. The van der Waals surface area contributed by atoms with Crippen LogP contribution in [-0.4, -0.2) is 24.0 Å². The zero-order valence-electron chi connectivity index (χ0n) is 11.4. The second-order valence-electron chi connectivity index (χ2n) is 5.50. The lowest BCUT2D eigenvalue weighted by molar-refractivity contribution is 0.324. The Morgan fingerprint density at radius 2 is 1.70 bits per heavy atom. The summed E-state index contributed by atoms with van der Waals surface area (Å²) in [6.45, 7) is 2.74. The van der Waals surface area contributed by atoms with E-state index in [4.69, 9.17) is 5.73 Å². The molecule has 0 radical (unpaired) electrons. The van der Waals surface area contributed by atoms with E-state index in [0.717, 1.165) is 25.2 Å². The Hall–Kier alpha value is -1.71. The van der Waals surface area contributed by atoms with Gasteiger partial charge in [0.05, 0.1) is 0 Å². The molecule has 2 aromatic carbocycles. The third-order valence-corrected chi connectivity index (χ3v) is 3.99. The first-order valence-electron chi connectivity index (χ1n) is 7.00. The van der Waals surface area contributed by atoms with Crippen LogP contribution in [-0.2, 0) is 6.54 Å². The van der Waals surface area contributed by atoms with Gasteiger partial charge in [0.1, 0.15) is 5.82 Å². The molecule has 0 spiro atoms. The van der Waals surface area contributed by atoms with Gasteiger partial charge in [-0.2, -0.15) is 0 Å². The maximum absolute atomic E-state index is 13.0. The molecule has 0 saturated carbocycles. The van der Waals surface area contributed by atoms with Crippen LogP contribution in [0.15, 0.2) is 54.6 Å². The Bertz CT molecular complexity index is 553. The molecule has 2 aromatic rings. The number of benzene rings is 2. The second kappa shape index (κ2) is 5.73. The molecule has 104 valence electrons. The Balaban J connectivity index is 1.69. The highest BCUT2D eigenvalue weighted by Gasteiger charge is 2.31. The molecule has 1 saturated heterocycles. The van der Waals surface area contributed by atoms with Crippen molar-refractivity contribution in [3.8, 4) is 0 Å². The van der Waals surface area contributed by atoms with Crippen molar-refractivity contribution in [1.29, 1.82) is 0 Å². The van der Waals surface area contributed by atoms with Crippen LogP contribution in [0.25, 0.3) is 0 Å². The van der Waals surface area contributed by atoms with Gasteiger partial charge < -0.3 is 5.73 Å². The fourth-order valence-electron chi connectivity index (χ4n) is 2.95. The largest absolute Gasteiger partial charge is 0.326 e. The van der Waals surface area contributed by atoms with Crippen LogP contribution in [0.2, 0.25) is 0 Å². The van der Waals surface area contributed by atoms with Crippen molar-refractivity contribution < 1.29 is 4.39 Å². The molecule has 2 nitrogen and oxygen atoms in total. The van der Waals surface area contributed by atoms with E-state index in [0.29, 0.717) is 5.92 Å². The molecule has 3 rings (SSSR count). The number of hydrogen-bond acceptors (Lipinski definition) is 2. The molecular weight excluding hydrogens is 251 g/mol. The molecule has 2 N–H and O–H groups in total. The summed E-state index contributed by atoms with van der Waals surface area (Å²) in [7, 11) is 0. The van der Waals surface area contributed by atoms with Gasteiger partial charge in [-0.15, -0.1) is 0 Å². The first-order valence-corrected chi connectivity index (χ1v) is 7.00. The number of rotatable bonds is 3. The standard InChI is InChI=1S/C17H19FN2/c18-15-8-6-14(7-9-15)16-11-20(12-17(16)19)10-13-4-2-1-3-5-13/h1-9,16-17H,10-12,19H2/t16-,17+/m0/s1. The normalized spacial score (nSPS) is 23.1. The van der Waals surface area contributed by atoms with Crippen LogP contribution in [0.4, 0.5) is 4.39 Å². The van der Waals surface area contributed by atoms with Gasteiger partial charge in [0, 0.05) is 31.6 Å². The number of likely N-dealkylation sites (tertiary alicyclic amines) is 1. The molecule has 20 heavy (non-hydrogen) atoms. The van der Waals surface area contributed by atoms with Gasteiger partial charge in [-0.05, 0) is 23.3 Å². The van der Waals surface area contributed by atoms with Crippen LogP contribution in [0, 0.1) is 5.82 Å². The van der Waals surface area contributed by atoms with Crippen molar-refractivity contribution in [2.75, 3.05) is 13.1 Å². The molecular formula is C17H19FN2. The predicted molar refractivity (Wildman–Crippen MR) is 78.8 cm³/mol. The summed E-state index contributed by atoms with van der Waals surface area (Å²) in [5.74, 6) is 0.0979. The lowest BCUT2D eigenvalue weighted by Crippen LogP contribution is -2.28. The van der Waals surface area contributed by atoms with Crippen molar-refractivity contribution in [1.82, 2.24) is 4.90 Å². The summed E-state index contributed by atoms with van der Waals surface area (Å²) in [5, 5.41) is 0. The van der Waals surface area contributed by atoms with Gasteiger partial charge in [-0.1, -0.05) is 42.5 Å². The van der Waals surface area contributed by atoms with Gasteiger partial charge in [0.25, 0.3) is 0 Å². The highest BCUT2D eigenvalue weighted by atomic mass is 19.1. The van der Waals surface area contributed by atoms with E-state index in [1.54, 1.807) is 0 Å². The van der Waals surface area contributed by atoms with E-state index < -0.39 is 0 Å². The molecule has 0 aliphatic carbocycles. The summed E-state index contributed by atoms with van der Waals surface area (Å²) in [6.07, 6.45) is 0. The number of nitrogens with two attached hydrogens (primary N) is 1. The van der Waals surface area contributed by atoms with Crippen LogP contribution in [0.1, 0.15) is 17.0 Å². The fourth-order valence-corrected chi connectivity index (χ4v) is 2.95. The van der Waals surface area contributed by atoms with Gasteiger partial charge in [0.2, 0.25) is 0 Å². The van der Waals surface area contributed by atoms with Crippen molar-refractivity contribution in [3.05, 3.63) is 71.5 Å². The summed E-state index contributed by atoms with van der Waals surface area (Å²) in [5.41, 5.74) is 8.70. The molecule has 0 aromatic heterocycles. The first kappa shape index (κ1) is 13.3. The third-order valence-electron chi connectivity index (χ3n) is 3.99. The number of nitrogens with zero attached hydrogens (tertiary/aromatic N) is 1. The SMILES string of the molecule is N[C@@H]1CN(Cc2ccccc2)C[C@H]1c1ccc(F)cc1. The molecule has 1 aliphatic rings. The maximum Gasteiger partial charge on any atom is 0.123 e. The monoisotopic (exact) mass is 270 g/mol. The summed E-state index contributed by atoms with van der Waals surface area (Å²) in [6, 6.07) is 17.3. The van der Waals surface area contributed by atoms with E-state index in [2.05, 4.69) is 29.2 Å². The lowest BCUT2D eigenvalue weighted by Gasteiger charge is -2.16. The smallest absolute Gasteiger partial charge is 0.123 e. The van der Waals surface area contributed by atoms with Crippen molar-refractivity contribution >= 4 is 0 Å². The average Bonchev–Trinajstić information content (AvgIpc) is 2.81. The topological polar surface area (TPSA) is 29.3 Å². The van der Waals surface area contributed by atoms with Crippen LogP contribution in [0.5, 0.6) is 0 Å². The van der Waals surface area contributed by atoms with Crippen LogP contribution < -0.4 is 5.73 Å². The summed E-state index contributed by atoms with van der Waals surface area (Å²) in [4.78, 5) is 2.37. The Kier molecular flexibility index (Phi) is 3.81. The first-order chi connectivity index (χ1) is 9.72. The summed E-state index contributed by atoms with van der Waals surface area (Å²) < 4.78 is 13.0. The van der Waals surface area contributed by atoms with Gasteiger partial charge in [-0.3, -0.25) is 4.90 Å². The predicted octanol–water partition coefficient (Wildman–Crippen LogP) is 2.75. The molecule has 1 heterocycles. The minimum atomic E-state index is -0.193. The minimum Gasteiger partial charge on any atom is -0.326 e. The molecule has 2 atom stereocenters. The zero-order valence-corrected chi connectivity index (χ0v) is 11.4. The number of hydrogen-bond donors (Lipinski definition) is 1. The van der Waals surface area contributed by atoms with Gasteiger partial charge in [-0.25, -0.2) is 4.39 Å². The van der Waals surface area contributed by atoms with Crippen molar-refractivity contribution in [3.63, 3.8) is 0 Å². The average molecular weight is 270 g/mol.